The van der Waals surface area contributed by atoms with Gasteiger partial charge in [-0.25, -0.2) is 0 Å². The summed E-state index contributed by atoms with van der Waals surface area (Å²) in [5.41, 5.74) is 1.13. The molecule has 476 valence electrons. The summed E-state index contributed by atoms with van der Waals surface area (Å²) in [4.78, 5) is 0. The highest BCUT2D eigenvalue weighted by atomic mass is 16.8. The first-order chi connectivity index (χ1) is 39.2. The van der Waals surface area contributed by atoms with Crippen molar-refractivity contribution in [2.45, 2.75) is 277 Å². The zero-order chi connectivity index (χ0) is 59.7. The number of hydrogen-bond donors (Lipinski definition) is 14. The SMILES string of the molecule is CC1COC2(CC1O)OC1CC3C4CC=C5CC(OC6OC(CO)C(OC7OC(C)C(OC8OC(CO)C(O)C(O)C8O)C(O)C7O)C(O)C6OC6OC(C)C(OC7OC(C)C(O)C(O)C7O)C(O)C6O)CCC5(C)C4CCC3(C)C1C2C. The highest BCUT2D eigenvalue weighted by Crippen LogP contribution is 2.71. The smallest absolute Gasteiger partial charge is 0.187 e. The second-order valence-electron chi connectivity index (χ2n) is 26.8. The van der Waals surface area contributed by atoms with E-state index in [1.807, 2.05) is 6.92 Å². The van der Waals surface area contributed by atoms with Crippen LogP contribution in [0.25, 0.3) is 0 Å². The Morgan fingerprint density at radius 1 is 0.530 bits per heavy atom. The van der Waals surface area contributed by atoms with Gasteiger partial charge in [-0.1, -0.05) is 39.3 Å². The third-order valence-corrected chi connectivity index (χ3v) is 22.0. The molecule has 37 atom stereocenters. The molecule has 7 saturated heterocycles. The van der Waals surface area contributed by atoms with Crippen LogP contribution in [0.15, 0.2) is 11.6 Å². The first-order valence-corrected chi connectivity index (χ1v) is 30.2. The molecule has 7 aliphatic heterocycles. The van der Waals surface area contributed by atoms with Crippen molar-refractivity contribution in [1.29, 1.82) is 0 Å². The standard InChI is InChI=1S/C57H92O26/c1-20-19-72-57(16-30(20)60)21(2)34-31(83-57)15-29-27-9-8-25-14-26(10-12-55(25,6)28(27)11-13-56(29,34)7)76-54-49(82-52-44(70)40(66)46(23(4)75-52)79-50-41(67)37(63)35(61)22(3)73-50)45(71)48(33(18-59)78-54)81-51-43(69)39(65)47(24(5)74-51)80-53-42(68)38(64)36(62)32(17-58)77-53/h8,20-24,26-54,58-71H,9-19H2,1-7H3. The van der Waals surface area contributed by atoms with Gasteiger partial charge in [-0.3, -0.25) is 0 Å². The number of rotatable bonds is 12. The van der Waals surface area contributed by atoms with Crippen LogP contribution in [0.2, 0.25) is 0 Å². The Morgan fingerprint density at radius 3 is 1.67 bits per heavy atom. The molecule has 26 nitrogen and oxygen atoms in total. The summed E-state index contributed by atoms with van der Waals surface area (Å²) in [5.74, 6) is 0.982. The van der Waals surface area contributed by atoms with E-state index in [4.69, 9.17) is 56.8 Å². The molecule has 11 aliphatic rings. The van der Waals surface area contributed by atoms with Crippen LogP contribution in [-0.2, 0) is 56.8 Å². The third kappa shape index (κ3) is 10.9. The Kier molecular flexibility index (Phi) is 18.4. The summed E-state index contributed by atoms with van der Waals surface area (Å²) in [6.07, 6.45) is -32.4. The van der Waals surface area contributed by atoms with Gasteiger partial charge in [0.05, 0.1) is 56.4 Å². The molecule has 10 fully saturated rings. The zero-order valence-corrected chi connectivity index (χ0v) is 48.1. The van der Waals surface area contributed by atoms with E-state index in [0.29, 0.717) is 49.5 Å². The largest absolute Gasteiger partial charge is 0.394 e. The minimum Gasteiger partial charge on any atom is -0.394 e. The lowest BCUT2D eigenvalue weighted by Crippen LogP contribution is -2.67. The van der Waals surface area contributed by atoms with E-state index in [2.05, 4.69) is 26.8 Å². The molecular formula is C57H92O26. The number of fused-ring (bicyclic) bond motifs is 7. The van der Waals surface area contributed by atoms with Crippen molar-refractivity contribution in [3.8, 4) is 0 Å². The van der Waals surface area contributed by atoms with Gasteiger partial charge >= 0.3 is 0 Å². The van der Waals surface area contributed by atoms with E-state index in [1.165, 1.54) is 26.3 Å². The lowest BCUT2D eigenvalue weighted by molar-refractivity contribution is -0.399. The van der Waals surface area contributed by atoms with Crippen LogP contribution in [-0.4, -0.2) is 269 Å². The third-order valence-electron chi connectivity index (χ3n) is 22.0. The van der Waals surface area contributed by atoms with Gasteiger partial charge in [-0.05, 0) is 100 Å². The first-order valence-electron chi connectivity index (χ1n) is 30.2. The van der Waals surface area contributed by atoms with Crippen molar-refractivity contribution in [2.24, 2.45) is 46.3 Å². The van der Waals surface area contributed by atoms with Crippen LogP contribution in [0.4, 0.5) is 0 Å². The quantitative estimate of drug-likeness (QED) is 0.0860. The fourth-order valence-corrected chi connectivity index (χ4v) is 16.9. The molecule has 0 aromatic heterocycles. The summed E-state index contributed by atoms with van der Waals surface area (Å²) < 4.78 is 74.1. The predicted octanol–water partition coefficient (Wildman–Crippen LogP) is -3.11. The van der Waals surface area contributed by atoms with E-state index in [1.54, 1.807) is 0 Å². The highest BCUT2D eigenvalue weighted by molar-refractivity contribution is 5.27. The Hall–Kier alpha value is -1.30. The van der Waals surface area contributed by atoms with E-state index in [-0.39, 0.29) is 28.8 Å². The maximum absolute atomic E-state index is 12.5. The molecule has 83 heavy (non-hydrogen) atoms. The number of aliphatic hydroxyl groups excluding tert-OH is 14. The van der Waals surface area contributed by atoms with E-state index in [9.17, 15) is 71.5 Å². The number of aliphatic hydroxyl groups is 14. The van der Waals surface area contributed by atoms with Gasteiger partial charge in [0, 0.05) is 18.3 Å². The summed E-state index contributed by atoms with van der Waals surface area (Å²) in [7, 11) is 0. The molecule has 11 rings (SSSR count). The Morgan fingerprint density at radius 2 is 1.07 bits per heavy atom. The number of ether oxygens (including phenoxy) is 12. The van der Waals surface area contributed by atoms with Crippen LogP contribution in [0.5, 0.6) is 0 Å². The Labute approximate surface area is 482 Å². The minimum absolute atomic E-state index is 0.0387. The molecule has 0 amide bonds. The molecule has 26 heteroatoms. The van der Waals surface area contributed by atoms with E-state index < -0.39 is 185 Å². The fourth-order valence-electron chi connectivity index (χ4n) is 16.9. The lowest BCUT2D eigenvalue weighted by Gasteiger charge is -2.59. The van der Waals surface area contributed by atoms with Crippen molar-refractivity contribution in [1.82, 2.24) is 0 Å². The molecule has 14 N–H and O–H groups in total. The molecule has 3 saturated carbocycles. The zero-order valence-electron chi connectivity index (χ0n) is 48.1. The van der Waals surface area contributed by atoms with Gasteiger partial charge in [0.1, 0.15) is 104 Å². The van der Waals surface area contributed by atoms with E-state index >= 15 is 0 Å². The second-order valence-corrected chi connectivity index (χ2v) is 26.8. The van der Waals surface area contributed by atoms with Gasteiger partial charge in [-0.2, -0.15) is 0 Å². The summed E-state index contributed by atoms with van der Waals surface area (Å²) in [6.45, 7) is 12.4. The maximum atomic E-state index is 12.5. The monoisotopic (exact) mass is 1190 g/mol. The average molecular weight is 1190 g/mol. The molecule has 0 aromatic rings. The van der Waals surface area contributed by atoms with Crippen molar-refractivity contribution >= 4 is 0 Å². The van der Waals surface area contributed by atoms with Gasteiger partial charge in [-0.15, -0.1) is 0 Å². The highest BCUT2D eigenvalue weighted by Gasteiger charge is 2.70. The van der Waals surface area contributed by atoms with Crippen LogP contribution >= 0.6 is 0 Å². The molecule has 0 aromatic carbocycles. The second kappa shape index (κ2) is 24.1. The summed E-state index contributed by atoms with van der Waals surface area (Å²) >= 11 is 0. The normalized spacial score (nSPS) is 58.2. The molecule has 7 heterocycles. The lowest BCUT2D eigenvalue weighted by atomic mass is 9.47. The molecular weight excluding hydrogens is 1100 g/mol. The fraction of sp³-hybridized carbons (Fsp3) is 0.965. The Balaban J connectivity index is 0.801. The average Bonchev–Trinajstić information content (AvgIpc) is 3.40. The van der Waals surface area contributed by atoms with Crippen molar-refractivity contribution < 1.29 is 128 Å². The summed E-state index contributed by atoms with van der Waals surface area (Å²) in [6, 6.07) is 0. The Bertz CT molecular complexity index is 2250. The number of allylic oxidation sites excluding steroid dienone is 1. The number of hydrogen-bond acceptors (Lipinski definition) is 26. The van der Waals surface area contributed by atoms with Gasteiger partial charge < -0.3 is 128 Å². The van der Waals surface area contributed by atoms with Crippen molar-refractivity contribution in [2.75, 3.05) is 19.8 Å². The van der Waals surface area contributed by atoms with Crippen LogP contribution in [0, 0.1) is 46.3 Å². The first kappa shape index (κ1) is 63.3. The topological polar surface area (TPSA) is 394 Å². The molecule has 4 aliphatic carbocycles. The van der Waals surface area contributed by atoms with E-state index in [0.717, 1.165) is 32.1 Å². The molecule has 1 spiro atoms. The van der Waals surface area contributed by atoms with Crippen LogP contribution in [0.1, 0.15) is 99.8 Å². The van der Waals surface area contributed by atoms with Crippen molar-refractivity contribution in [3.05, 3.63) is 11.6 Å². The molecule has 0 bridgehead atoms. The predicted molar refractivity (Wildman–Crippen MR) is 278 cm³/mol. The van der Waals surface area contributed by atoms with Gasteiger partial charge in [0.25, 0.3) is 0 Å². The maximum Gasteiger partial charge on any atom is 0.187 e. The minimum atomic E-state index is -1.96. The van der Waals surface area contributed by atoms with Crippen molar-refractivity contribution in [3.63, 3.8) is 0 Å². The van der Waals surface area contributed by atoms with Gasteiger partial charge in [0.15, 0.2) is 37.2 Å². The van der Waals surface area contributed by atoms with Crippen LogP contribution < -0.4 is 0 Å². The van der Waals surface area contributed by atoms with Crippen LogP contribution in [0.3, 0.4) is 0 Å². The molecule has 37 unspecified atom stereocenters. The summed E-state index contributed by atoms with van der Waals surface area (Å²) in [5, 5.41) is 153. The van der Waals surface area contributed by atoms with Gasteiger partial charge in [0.2, 0.25) is 0 Å². The molecule has 0 radical (unpaired) electrons.